The van der Waals surface area contributed by atoms with E-state index in [9.17, 15) is 18.0 Å². The van der Waals surface area contributed by atoms with Crippen molar-refractivity contribution < 1.29 is 18.0 Å². The average Bonchev–Trinajstić information content (AvgIpc) is 2.73. The van der Waals surface area contributed by atoms with Crippen LogP contribution >= 0.6 is 0 Å². The molecule has 7 nitrogen and oxygen atoms in total. The number of benzene rings is 2. The largest absolute Gasteiger partial charge is 0.340 e. The van der Waals surface area contributed by atoms with Gasteiger partial charge in [0.2, 0.25) is 15.9 Å². The van der Waals surface area contributed by atoms with Crippen LogP contribution in [0.5, 0.6) is 0 Å². The van der Waals surface area contributed by atoms with E-state index in [-0.39, 0.29) is 16.7 Å². The van der Waals surface area contributed by atoms with E-state index in [1.54, 1.807) is 38.1 Å². The number of anilines is 1. The topological polar surface area (TPSA) is 95.6 Å². The quantitative estimate of drug-likeness (QED) is 0.618. The van der Waals surface area contributed by atoms with Gasteiger partial charge in [0, 0.05) is 24.3 Å². The first kappa shape index (κ1) is 24.6. The molecule has 8 heteroatoms. The lowest BCUT2D eigenvalue weighted by molar-refractivity contribution is -0.118. The third kappa shape index (κ3) is 6.15. The van der Waals surface area contributed by atoms with Crippen molar-refractivity contribution in [1.29, 1.82) is 0 Å². The number of nitrogens with zero attached hydrogens (tertiary/aromatic N) is 1. The fourth-order valence-corrected chi connectivity index (χ4v) is 4.64. The van der Waals surface area contributed by atoms with Gasteiger partial charge in [-0.25, -0.2) is 8.42 Å². The molecule has 2 amide bonds. The predicted octanol–water partition coefficient (Wildman–Crippen LogP) is 3.42. The summed E-state index contributed by atoms with van der Waals surface area (Å²) in [5, 5.41) is 5.52. The molecule has 0 saturated carbocycles. The van der Waals surface area contributed by atoms with E-state index in [2.05, 4.69) is 10.6 Å². The molecule has 0 unspecified atom stereocenters. The fourth-order valence-electron chi connectivity index (χ4n) is 3.13. The molecule has 0 heterocycles. The van der Waals surface area contributed by atoms with E-state index in [1.165, 1.54) is 16.4 Å². The summed E-state index contributed by atoms with van der Waals surface area (Å²) in [6.07, 6.45) is 0. The van der Waals surface area contributed by atoms with Gasteiger partial charge in [-0.15, -0.1) is 0 Å². The van der Waals surface area contributed by atoms with E-state index in [0.29, 0.717) is 24.3 Å². The van der Waals surface area contributed by atoms with Gasteiger partial charge in [-0.05, 0) is 43.2 Å². The second kappa shape index (κ2) is 10.5. The average molecular weight is 446 g/mol. The monoisotopic (exact) mass is 445 g/mol. The Morgan fingerprint density at radius 2 is 1.61 bits per heavy atom. The molecule has 0 fully saturated rings. The zero-order chi connectivity index (χ0) is 23.2. The van der Waals surface area contributed by atoms with Gasteiger partial charge in [0.05, 0.1) is 4.90 Å². The summed E-state index contributed by atoms with van der Waals surface area (Å²) in [5.41, 5.74) is 1.86. The number of amides is 2. The van der Waals surface area contributed by atoms with Crippen LogP contribution in [0.4, 0.5) is 5.69 Å². The summed E-state index contributed by atoms with van der Waals surface area (Å²) in [6, 6.07) is 12.5. The summed E-state index contributed by atoms with van der Waals surface area (Å²) in [7, 11) is -3.64. The van der Waals surface area contributed by atoms with E-state index in [1.807, 2.05) is 32.9 Å². The maximum Gasteiger partial charge on any atom is 0.251 e. The summed E-state index contributed by atoms with van der Waals surface area (Å²) < 4.78 is 26.9. The smallest absolute Gasteiger partial charge is 0.251 e. The Bertz CT molecular complexity index is 1010. The van der Waals surface area contributed by atoms with Gasteiger partial charge >= 0.3 is 0 Å². The number of nitrogens with one attached hydrogen (secondary N) is 2. The van der Waals surface area contributed by atoms with Crippen LogP contribution in [0.2, 0.25) is 0 Å². The highest BCUT2D eigenvalue weighted by Crippen LogP contribution is 2.20. The molecule has 0 aliphatic rings. The molecule has 1 atom stereocenters. The Labute approximate surface area is 184 Å². The third-order valence-electron chi connectivity index (χ3n) is 4.99. The molecule has 0 aliphatic carbocycles. The molecule has 0 aromatic heterocycles. The van der Waals surface area contributed by atoms with Crippen LogP contribution in [0.25, 0.3) is 0 Å². The van der Waals surface area contributed by atoms with Gasteiger partial charge in [0.15, 0.2) is 0 Å². The van der Waals surface area contributed by atoms with Gasteiger partial charge in [-0.3, -0.25) is 9.59 Å². The zero-order valence-corrected chi connectivity index (χ0v) is 19.5. The molecule has 2 aromatic carbocycles. The second-order valence-corrected chi connectivity index (χ2v) is 9.61. The number of carbonyl (C=O) groups is 2. The molecule has 2 aromatic rings. The number of rotatable bonds is 9. The van der Waals surface area contributed by atoms with Crippen molar-refractivity contribution >= 4 is 27.5 Å². The summed E-state index contributed by atoms with van der Waals surface area (Å²) in [4.78, 5) is 25.6. The Morgan fingerprint density at radius 1 is 1.00 bits per heavy atom. The molecule has 0 bridgehead atoms. The van der Waals surface area contributed by atoms with E-state index in [4.69, 9.17) is 0 Å². The standard InChI is InChI=1S/C23H31N3O4S/c1-6-26(7-2)31(29,30)20-10-8-9-19(15-20)24-23(28)21(16(3)4)25-22(27)18-13-11-17(5)12-14-18/h8-16,21H,6-7H2,1-5H3,(H,24,28)(H,25,27)/t21-/m0/s1. The lowest BCUT2D eigenvalue weighted by Crippen LogP contribution is -2.47. The van der Waals surface area contributed by atoms with Crippen LogP contribution in [0.1, 0.15) is 43.6 Å². The van der Waals surface area contributed by atoms with Crippen LogP contribution < -0.4 is 10.6 Å². The Hall–Kier alpha value is -2.71. The van der Waals surface area contributed by atoms with Crippen LogP contribution in [-0.4, -0.2) is 43.7 Å². The first-order valence-electron chi connectivity index (χ1n) is 10.4. The van der Waals surface area contributed by atoms with Crippen molar-refractivity contribution in [3.63, 3.8) is 0 Å². The number of hydrogen-bond acceptors (Lipinski definition) is 4. The molecule has 31 heavy (non-hydrogen) atoms. The van der Waals surface area contributed by atoms with Crippen LogP contribution in [0.3, 0.4) is 0 Å². The molecule has 0 radical (unpaired) electrons. The van der Waals surface area contributed by atoms with E-state index >= 15 is 0 Å². The van der Waals surface area contributed by atoms with Crippen molar-refractivity contribution in [2.45, 2.75) is 45.6 Å². The lowest BCUT2D eigenvalue weighted by Gasteiger charge is -2.22. The number of sulfonamides is 1. The lowest BCUT2D eigenvalue weighted by atomic mass is 10.0. The minimum absolute atomic E-state index is 0.110. The van der Waals surface area contributed by atoms with Crippen molar-refractivity contribution in [2.24, 2.45) is 5.92 Å². The normalized spacial score (nSPS) is 12.6. The van der Waals surface area contributed by atoms with Crippen LogP contribution in [0, 0.1) is 12.8 Å². The molecule has 0 saturated heterocycles. The van der Waals surface area contributed by atoms with Gasteiger partial charge in [0.1, 0.15) is 6.04 Å². The van der Waals surface area contributed by atoms with Gasteiger partial charge in [-0.2, -0.15) is 4.31 Å². The number of hydrogen-bond donors (Lipinski definition) is 2. The maximum absolute atomic E-state index is 12.9. The van der Waals surface area contributed by atoms with Crippen LogP contribution in [-0.2, 0) is 14.8 Å². The Kier molecular flexibility index (Phi) is 8.36. The van der Waals surface area contributed by atoms with Gasteiger partial charge in [-0.1, -0.05) is 51.5 Å². The summed E-state index contributed by atoms with van der Waals surface area (Å²) in [5.74, 6) is -0.920. The molecular weight excluding hydrogens is 414 g/mol. The summed E-state index contributed by atoms with van der Waals surface area (Å²) >= 11 is 0. The molecule has 168 valence electrons. The van der Waals surface area contributed by atoms with Gasteiger partial charge in [0.25, 0.3) is 5.91 Å². The molecular formula is C23H31N3O4S. The van der Waals surface area contributed by atoms with E-state index < -0.39 is 22.0 Å². The van der Waals surface area contributed by atoms with Crippen LogP contribution in [0.15, 0.2) is 53.4 Å². The first-order chi connectivity index (χ1) is 14.6. The minimum Gasteiger partial charge on any atom is -0.340 e. The molecule has 0 spiro atoms. The third-order valence-corrected chi connectivity index (χ3v) is 7.04. The minimum atomic E-state index is -3.64. The highest BCUT2D eigenvalue weighted by Gasteiger charge is 2.26. The van der Waals surface area contributed by atoms with Crippen molar-refractivity contribution in [1.82, 2.24) is 9.62 Å². The Morgan fingerprint density at radius 3 is 2.16 bits per heavy atom. The summed E-state index contributed by atoms with van der Waals surface area (Å²) in [6.45, 7) is 9.86. The van der Waals surface area contributed by atoms with E-state index in [0.717, 1.165) is 5.56 Å². The first-order valence-corrected chi connectivity index (χ1v) is 11.8. The highest BCUT2D eigenvalue weighted by molar-refractivity contribution is 7.89. The maximum atomic E-state index is 12.9. The molecule has 0 aliphatic heterocycles. The zero-order valence-electron chi connectivity index (χ0n) is 18.7. The predicted molar refractivity (Wildman–Crippen MR) is 122 cm³/mol. The van der Waals surface area contributed by atoms with Crippen molar-refractivity contribution in [3.05, 3.63) is 59.7 Å². The molecule has 2 N–H and O–H groups in total. The highest BCUT2D eigenvalue weighted by atomic mass is 32.2. The van der Waals surface area contributed by atoms with Crippen molar-refractivity contribution in [3.8, 4) is 0 Å². The number of aryl methyl sites for hydroxylation is 1. The Balaban J connectivity index is 2.19. The SMILES string of the molecule is CCN(CC)S(=O)(=O)c1cccc(NC(=O)[C@@H](NC(=O)c2ccc(C)cc2)C(C)C)c1. The van der Waals surface area contributed by atoms with Gasteiger partial charge < -0.3 is 10.6 Å². The second-order valence-electron chi connectivity index (χ2n) is 7.67. The van der Waals surface area contributed by atoms with Crippen molar-refractivity contribution in [2.75, 3.05) is 18.4 Å². The fraction of sp³-hybridized carbons (Fsp3) is 0.391. The number of carbonyl (C=O) groups excluding carboxylic acids is 2. The molecule has 2 rings (SSSR count).